The van der Waals surface area contributed by atoms with Crippen LogP contribution in [-0.2, 0) is 4.79 Å². The van der Waals surface area contributed by atoms with Crippen LogP contribution in [0.15, 0.2) is 0 Å². The van der Waals surface area contributed by atoms with Gasteiger partial charge in [0, 0.05) is 12.5 Å². The van der Waals surface area contributed by atoms with Crippen LogP contribution in [0.4, 0.5) is 0 Å². The number of ketones is 1. The minimum absolute atomic E-state index is 0.215. The lowest BCUT2D eigenvalue weighted by Gasteiger charge is -2.33. The zero-order valence-corrected chi connectivity index (χ0v) is 10.5. The van der Waals surface area contributed by atoms with E-state index < -0.39 is 0 Å². The monoisotopic (exact) mass is 211 g/mol. The van der Waals surface area contributed by atoms with Crippen LogP contribution in [-0.4, -0.2) is 29.3 Å². The van der Waals surface area contributed by atoms with Gasteiger partial charge in [0.15, 0.2) is 0 Å². The third-order valence-corrected chi connectivity index (χ3v) is 3.69. The molecule has 0 aromatic heterocycles. The van der Waals surface area contributed by atoms with Crippen molar-refractivity contribution in [2.45, 2.75) is 71.4 Å². The molecule has 0 amide bonds. The number of Topliss-reactive ketones (excluding diaryl/α,β-unsaturated/α-hetero) is 1. The first-order chi connectivity index (χ1) is 7.20. The average molecular weight is 211 g/mol. The number of rotatable bonds is 4. The molecule has 0 N–H and O–H groups in total. The van der Waals surface area contributed by atoms with Gasteiger partial charge in [0.1, 0.15) is 5.78 Å². The fourth-order valence-corrected chi connectivity index (χ4v) is 2.57. The quantitative estimate of drug-likeness (QED) is 0.666. The summed E-state index contributed by atoms with van der Waals surface area (Å²) in [6.07, 6.45) is 6.59. The zero-order chi connectivity index (χ0) is 11.3. The minimum Gasteiger partial charge on any atom is -0.298 e. The molecule has 1 saturated carbocycles. The van der Waals surface area contributed by atoms with Crippen LogP contribution in [0, 0.1) is 0 Å². The average Bonchev–Trinajstić information content (AvgIpc) is 2.45. The summed E-state index contributed by atoms with van der Waals surface area (Å²) in [5.74, 6) is 0.481. The Morgan fingerprint density at radius 2 is 2.07 bits per heavy atom. The van der Waals surface area contributed by atoms with Gasteiger partial charge in [0.2, 0.25) is 0 Å². The van der Waals surface area contributed by atoms with E-state index in [-0.39, 0.29) is 6.04 Å². The Kier molecular flexibility index (Phi) is 5.30. The number of carbonyl (C=O) groups is 1. The summed E-state index contributed by atoms with van der Waals surface area (Å²) in [6, 6.07) is 0.759. The molecule has 0 spiro atoms. The van der Waals surface area contributed by atoms with Gasteiger partial charge < -0.3 is 0 Å². The maximum atomic E-state index is 12.0. The molecule has 0 heterocycles. The van der Waals surface area contributed by atoms with E-state index >= 15 is 0 Å². The number of hydrogen-bond donors (Lipinski definition) is 0. The van der Waals surface area contributed by atoms with E-state index in [9.17, 15) is 4.79 Å². The Morgan fingerprint density at radius 1 is 1.33 bits per heavy atom. The second-order valence-corrected chi connectivity index (χ2v) is 4.67. The van der Waals surface area contributed by atoms with Crippen LogP contribution in [0.1, 0.15) is 59.3 Å². The maximum Gasteiger partial charge on any atom is 0.149 e. The van der Waals surface area contributed by atoms with Crippen LogP contribution in [0.5, 0.6) is 0 Å². The van der Waals surface area contributed by atoms with Gasteiger partial charge >= 0.3 is 0 Å². The molecule has 0 aromatic rings. The number of carbonyl (C=O) groups excluding carboxylic acids is 1. The highest BCUT2D eigenvalue weighted by Crippen LogP contribution is 2.21. The third-order valence-electron chi connectivity index (χ3n) is 3.69. The minimum atomic E-state index is 0.215. The molecule has 0 bridgehead atoms. The SMILES string of the molecule is CCC(C)N(CC)C1CCCCCC1=O. The summed E-state index contributed by atoms with van der Waals surface area (Å²) >= 11 is 0. The Morgan fingerprint density at radius 3 is 2.67 bits per heavy atom. The summed E-state index contributed by atoms with van der Waals surface area (Å²) in [5, 5.41) is 0. The van der Waals surface area contributed by atoms with Crippen LogP contribution < -0.4 is 0 Å². The van der Waals surface area contributed by atoms with Gasteiger partial charge in [-0.15, -0.1) is 0 Å². The highest BCUT2D eigenvalue weighted by Gasteiger charge is 2.28. The van der Waals surface area contributed by atoms with E-state index in [1.54, 1.807) is 0 Å². The predicted molar refractivity (Wildman–Crippen MR) is 64.0 cm³/mol. The maximum absolute atomic E-state index is 12.0. The molecule has 2 unspecified atom stereocenters. The lowest BCUT2D eigenvalue weighted by Crippen LogP contribution is -2.45. The summed E-state index contributed by atoms with van der Waals surface area (Å²) in [6.45, 7) is 7.62. The van der Waals surface area contributed by atoms with Crippen LogP contribution in [0.25, 0.3) is 0 Å². The molecule has 2 heteroatoms. The lowest BCUT2D eigenvalue weighted by molar-refractivity contribution is -0.125. The lowest BCUT2D eigenvalue weighted by atomic mass is 10.0. The molecule has 0 aromatic carbocycles. The van der Waals surface area contributed by atoms with E-state index in [2.05, 4.69) is 25.7 Å². The largest absolute Gasteiger partial charge is 0.298 e. The van der Waals surface area contributed by atoms with Gasteiger partial charge in [-0.1, -0.05) is 26.7 Å². The first kappa shape index (κ1) is 12.7. The molecule has 1 aliphatic rings. The van der Waals surface area contributed by atoms with Crippen molar-refractivity contribution < 1.29 is 4.79 Å². The highest BCUT2D eigenvalue weighted by atomic mass is 16.1. The molecule has 1 fully saturated rings. The molecule has 1 aliphatic carbocycles. The molecule has 15 heavy (non-hydrogen) atoms. The molecule has 88 valence electrons. The van der Waals surface area contributed by atoms with Gasteiger partial charge in [0.05, 0.1) is 6.04 Å². The second-order valence-electron chi connectivity index (χ2n) is 4.67. The molecule has 0 aliphatic heterocycles. The topological polar surface area (TPSA) is 20.3 Å². The van der Waals surface area contributed by atoms with Crippen molar-refractivity contribution in [1.29, 1.82) is 0 Å². The number of nitrogens with zero attached hydrogens (tertiary/aromatic N) is 1. The first-order valence-electron chi connectivity index (χ1n) is 6.49. The Bertz CT molecular complexity index is 203. The van der Waals surface area contributed by atoms with E-state index in [0.29, 0.717) is 11.8 Å². The Balaban J connectivity index is 2.67. The molecule has 0 radical (unpaired) electrons. The number of hydrogen-bond acceptors (Lipinski definition) is 2. The second kappa shape index (κ2) is 6.26. The van der Waals surface area contributed by atoms with Crippen molar-refractivity contribution >= 4 is 5.78 Å². The highest BCUT2D eigenvalue weighted by molar-refractivity contribution is 5.84. The van der Waals surface area contributed by atoms with Gasteiger partial charge in [0.25, 0.3) is 0 Å². The van der Waals surface area contributed by atoms with Crippen molar-refractivity contribution in [3.63, 3.8) is 0 Å². The van der Waals surface area contributed by atoms with Gasteiger partial charge in [-0.2, -0.15) is 0 Å². The van der Waals surface area contributed by atoms with Gasteiger partial charge in [-0.25, -0.2) is 0 Å². The normalized spacial score (nSPS) is 25.3. The Hall–Kier alpha value is -0.370. The first-order valence-corrected chi connectivity index (χ1v) is 6.49. The van der Waals surface area contributed by atoms with Crippen molar-refractivity contribution in [2.75, 3.05) is 6.54 Å². The van der Waals surface area contributed by atoms with Crippen molar-refractivity contribution in [3.05, 3.63) is 0 Å². The van der Waals surface area contributed by atoms with Crippen LogP contribution in [0.2, 0.25) is 0 Å². The van der Waals surface area contributed by atoms with E-state index in [1.807, 2.05) is 0 Å². The van der Waals surface area contributed by atoms with E-state index in [1.165, 1.54) is 12.8 Å². The number of likely N-dealkylation sites (N-methyl/N-ethyl adjacent to an activating group) is 1. The molecule has 2 nitrogen and oxygen atoms in total. The van der Waals surface area contributed by atoms with Crippen molar-refractivity contribution in [2.24, 2.45) is 0 Å². The smallest absolute Gasteiger partial charge is 0.149 e. The van der Waals surface area contributed by atoms with Crippen LogP contribution >= 0.6 is 0 Å². The zero-order valence-electron chi connectivity index (χ0n) is 10.5. The molecule has 0 saturated heterocycles. The van der Waals surface area contributed by atoms with Gasteiger partial charge in [-0.05, 0) is 32.7 Å². The summed E-state index contributed by atoms with van der Waals surface area (Å²) in [4.78, 5) is 14.4. The summed E-state index contributed by atoms with van der Waals surface area (Å²) in [7, 11) is 0. The van der Waals surface area contributed by atoms with E-state index in [0.717, 1.165) is 32.2 Å². The standard InChI is InChI=1S/C13H25NO/c1-4-11(3)14(5-2)12-9-7-6-8-10-13(12)15/h11-12H,4-10H2,1-3H3. The van der Waals surface area contributed by atoms with Gasteiger partial charge in [-0.3, -0.25) is 9.69 Å². The molecule has 2 atom stereocenters. The molecular weight excluding hydrogens is 186 g/mol. The van der Waals surface area contributed by atoms with Crippen molar-refractivity contribution in [3.8, 4) is 0 Å². The summed E-state index contributed by atoms with van der Waals surface area (Å²) < 4.78 is 0. The summed E-state index contributed by atoms with van der Waals surface area (Å²) in [5.41, 5.74) is 0. The fourth-order valence-electron chi connectivity index (χ4n) is 2.57. The van der Waals surface area contributed by atoms with Crippen molar-refractivity contribution in [1.82, 2.24) is 4.90 Å². The fraction of sp³-hybridized carbons (Fsp3) is 0.923. The predicted octanol–water partition coefficient (Wildman–Crippen LogP) is 3.01. The Labute approximate surface area is 94.0 Å². The molecule has 1 rings (SSSR count). The van der Waals surface area contributed by atoms with E-state index in [4.69, 9.17) is 0 Å². The van der Waals surface area contributed by atoms with Crippen LogP contribution in [0.3, 0.4) is 0 Å². The third kappa shape index (κ3) is 3.30. The molecular formula is C13H25NO.